The standard InChI is InChI=1S/C26H15F5O/c1-32-14-16-11-23(29)25(24(30)12-16)19-6-5-17(22(28)13-19)4-2-15-3-8-20-18(10-15)7-9-21(27)26(20)31/h3,5-13H,14H2,1H3. The molecule has 0 fully saturated rings. The monoisotopic (exact) mass is 438 g/mol. The van der Waals surface area contributed by atoms with Crippen molar-refractivity contribution >= 4 is 10.8 Å². The van der Waals surface area contributed by atoms with E-state index >= 15 is 0 Å². The van der Waals surface area contributed by atoms with E-state index in [4.69, 9.17) is 4.74 Å². The second-order valence-corrected chi connectivity index (χ2v) is 7.11. The molecular weight excluding hydrogens is 423 g/mol. The molecule has 0 amide bonds. The zero-order chi connectivity index (χ0) is 22.8. The number of methoxy groups -OCH3 is 1. The number of benzene rings is 4. The summed E-state index contributed by atoms with van der Waals surface area (Å²) < 4.78 is 75.4. The molecule has 1 nitrogen and oxygen atoms in total. The molecule has 4 rings (SSSR count). The summed E-state index contributed by atoms with van der Waals surface area (Å²) in [5.74, 6) is 1.13. The van der Waals surface area contributed by atoms with Gasteiger partial charge in [-0.25, -0.2) is 22.0 Å². The molecule has 0 radical (unpaired) electrons. The molecule has 0 aromatic heterocycles. The van der Waals surface area contributed by atoms with Crippen LogP contribution >= 0.6 is 0 Å². The van der Waals surface area contributed by atoms with E-state index in [1.54, 1.807) is 6.07 Å². The number of rotatable bonds is 3. The lowest BCUT2D eigenvalue weighted by molar-refractivity contribution is 0.184. The van der Waals surface area contributed by atoms with Crippen LogP contribution in [0.3, 0.4) is 0 Å². The van der Waals surface area contributed by atoms with Crippen LogP contribution in [0.15, 0.2) is 60.7 Å². The SMILES string of the molecule is COCc1cc(F)c(-c2ccc(C#Cc3ccc4c(F)c(F)ccc4c3)c(F)c2)c(F)c1. The number of fused-ring (bicyclic) bond motifs is 1. The highest BCUT2D eigenvalue weighted by Gasteiger charge is 2.15. The number of hydrogen-bond acceptors (Lipinski definition) is 1. The zero-order valence-corrected chi connectivity index (χ0v) is 16.8. The molecule has 0 atom stereocenters. The zero-order valence-electron chi connectivity index (χ0n) is 16.8. The van der Waals surface area contributed by atoms with Crippen molar-refractivity contribution in [3.63, 3.8) is 0 Å². The maximum atomic E-state index is 14.6. The summed E-state index contributed by atoms with van der Waals surface area (Å²) in [5.41, 5.74) is 0.517. The van der Waals surface area contributed by atoms with Crippen LogP contribution in [0.2, 0.25) is 0 Å². The van der Waals surface area contributed by atoms with Crippen LogP contribution in [0.5, 0.6) is 0 Å². The molecule has 160 valence electrons. The molecule has 0 aliphatic heterocycles. The molecule has 0 spiro atoms. The molecule has 4 aromatic carbocycles. The second kappa shape index (κ2) is 8.81. The highest BCUT2D eigenvalue weighted by molar-refractivity contribution is 5.84. The fourth-order valence-electron chi connectivity index (χ4n) is 3.41. The highest BCUT2D eigenvalue weighted by atomic mass is 19.2. The molecular formula is C26H15F5O. The Morgan fingerprint density at radius 2 is 1.47 bits per heavy atom. The third kappa shape index (κ3) is 4.20. The molecule has 0 heterocycles. The fourth-order valence-corrected chi connectivity index (χ4v) is 3.41. The van der Waals surface area contributed by atoms with Gasteiger partial charge in [0.25, 0.3) is 0 Å². The summed E-state index contributed by atoms with van der Waals surface area (Å²) in [4.78, 5) is 0. The molecule has 0 aliphatic rings. The van der Waals surface area contributed by atoms with Gasteiger partial charge in [-0.05, 0) is 59.0 Å². The Hall–Kier alpha value is -3.69. The van der Waals surface area contributed by atoms with Crippen LogP contribution in [0, 0.1) is 40.9 Å². The maximum absolute atomic E-state index is 14.6. The van der Waals surface area contributed by atoms with Crippen LogP contribution in [-0.2, 0) is 11.3 Å². The van der Waals surface area contributed by atoms with Gasteiger partial charge in [0, 0.05) is 18.1 Å². The van der Waals surface area contributed by atoms with Crippen LogP contribution in [-0.4, -0.2) is 7.11 Å². The lowest BCUT2D eigenvalue weighted by Gasteiger charge is -2.09. The van der Waals surface area contributed by atoms with Crippen LogP contribution in [0.4, 0.5) is 22.0 Å². The Morgan fingerprint density at radius 3 is 2.16 bits per heavy atom. The molecule has 6 heteroatoms. The van der Waals surface area contributed by atoms with Crippen molar-refractivity contribution in [1.82, 2.24) is 0 Å². The number of ether oxygens (including phenoxy) is 1. The highest BCUT2D eigenvalue weighted by Crippen LogP contribution is 2.29. The van der Waals surface area contributed by atoms with Gasteiger partial charge < -0.3 is 4.74 Å². The maximum Gasteiger partial charge on any atom is 0.166 e. The van der Waals surface area contributed by atoms with Gasteiger partial charge in [0.05, 0.1) is 17.7 Å². The Bertz CT molecular complexity index is 1380. The Kier molecular flexibility index (Phi) is 5.93. The predicted molar refractivity (Wildman–Crippen MR) is 112 cm³/mol. The van der Waals surface area contributed by atoms with E-state index in [0.717, 1.165) is 24.3 Å². The van der Waals surface area contributed by atoms with Crippen LogP contribution < -0.4 is 0 Å². The average Bonchev–Trinajstić information content (AvgIpc) is 2.75. The second-order valence-electron chi connectivity index (χ2n) is 7.11. The minimum Gasteiger partial charge on any atom is -0.380 e. The van der Waals surface area contributed by atoms with Gasteiger partial charge in [-0.3, -0.25) is 0 Å². The summed E-state index contributed by atoms with van der Waals surface area (Å²) in [7, 11) is 1.41. The lowest BCUT2D eigenvalue weighted by atomic mass is 10.0. The summed E-state index contributed by atoms with van der Waals surface area (Å²) in [6, 6.07) is 12.9. The van der Waals surface area contributed by atoms with E-state index in [1.165, 1.54) is 37.4 Å². The Labute approximate surface area is 181 Å². The van der Waals surface area contributed by atoms with Crippen molar-refractivity contribution in [2.45, 2.75) is 6.61 Å². The first-order valence-corrected chi connectivity index (χ1v) is 9.54. The minimum absolute atomic E-state index is 0.0240. The van der Waals surface area contributed by atoms with Gasteiger partial charge in [0.15, 0.2) is 11.6 Å². The Morgan fingerprint density at radius 1 is 0.719 bits per heavy atom. The van der Waals surface area contributed by atoms with Crippen LogP contribution in [0.1, 0.15) is 16.7 Å². The van der Waals surface area contributed by atoms with Crippen molar-refractivity contribution in [3.8, 4) is 23.0 Å². The summed E-state index contributed by atoms with van der Waals surface area (Å²) >= 11 is 0. The van der Waals surface area contributed by atoms with Gasteiger partial charge in [0.1, 0.15) is 17.5 Å². The first-order valence-electron chi connectivity index (χ1n) is 9.54. The van der Waals surface area contributed by atoms with E-state index in [-0.39, 0.29) is 28.7 Å². The van der Waals surface area contributed by atoms with E-state index < -0.39 is 29.1 Å². The van der Waals surface area contributed by atoms with Crippen molar-refractivity contribution in [3.05, 3.63) is 106 Å². The van der Waals surface area contributed by atoms with Gasteiger partial charge in [0.2, 0.25) is 0 Å². The largest absolute Gasteiger partial charge is 0.380 e. The number of halogens is 5. The minimum atomic E-state index is -0.946. The van der Waals surface area contributed by atoms with E-state index in [1.807, 2.05) is 0 Å². The summed E-state index contributed by atoms with van der Waals surface area (Å²) in [6.07, 6.45) is 0. The van der Waals surface area contributed by atoms with Gasteiger partial charge in [-0.2, -0.15) is 0 Å². The molecule has 0 saturated heterocycles. The summed E-state index contributed by atoms with van der Waals surface area (Å²) in [6.45, 7) is 0.0490. The van der Waals surface area contributed by atoms with E-state index in [9.17, 15) is 22.0 Å². The summed E-state index contributed by atoms with van der Waals surface area (Å²) in [5, 5.41) is 0.570. The van der Waals surface area contributed by atoms with E-state index in [0.29, 0.717) is 16.5 Å². The fraction of sp³-hybridized carbons (Fsp3) is 0.0769. The van der Waals surface area contributed by atoms with Crippen molar-refractivity contribution in [2.24, 2.45) is 0 Å². The number of hydrogen-bond donors (Lipinski definition) is 0. The molecule has 0 aliphatic carbocycles. The molecule has 0 unspecified atom stereocenters. The van der Waals surface area contributed by atoms with Crippen molar-refractivity contribution in [2.75, 3.05) is 7.11 Å². The van der Waals surface area contributed by atoms with Crippen molar-refractivity contribution < 1.29 is 26.7 Å². The third-order valence-corrected chi connectivity index (χ3v) is 4.92. The smallest absolute Gasteiger partial charge is 0.166 e. The third-order valence-electron chi connectivity index (χ3n) is 4.92. The van der Waals surface area contributed by atoms with E-state index in [2.05, 4.69) is 11.8 Å². The van der Waals surface area contributed by atoms with Gasteiger partial charge in [-0.15, -0.1) is 0 Å². The van der Waals surface area contributed by atoms with Gasteiger partial charge in [-0.1, -0.05) is 30.0 Å². The topological polar surface area (TPSA) is 9.23 Å². The first-order chi connectivity index (χ1) is 15.4. The molecule has 4 aromatic rings. The molecule has 32 heavy (non-hydrogen) atoms. The van der Waals surface area contributed by atoms with Crippen LogP contribution in [0.25, 0.3) is 21.9 Å². The quantitative estimate of drug-likeness (QED) is 0.254. The molecule has 0 bridgehead atoms. The first kappa shape index (κ1) is 21.5. The lowest BCUT2D eigenvalue weighted by Crippen LogP contribution is -1.97. The molecule has 0 saturated carbocycles. The van der Waals surface area contributed by atoms with Gasteiger partial charge >= 0.3 is 0 Å². The predicted octanol–water partition coefficient (Wildman–Crippen LogP) is 6.75. The van der Waals surface area contributed by atoms with Crippen molar-refractivity contribution in [1.29, 1.82) is 0 Å². The Balaban J connectivity index is 1.65. The average molecular weight is 438 g/mol. The molecule has 0 N–H and O–H groups in total. The normalized spacial score (nSPS) is 10.8.